The highest BCUT2D eigenvalue weighted by Crippen LogP contribution is 2.21. The van der Waals surface area contributed by atoms with Gasteiger partial charge in [-0.3, -0.25) is 0 Å². The van der Waals surface area contributed by atoms with Gasteiger partial charge in [0.05, 0.1) is 11.7 Å². The summed E-state index contributed by atoms with van der Waals surface area (Å²) in [6.07, 6.45) is 1.11. The van der Waals surface area contributed by atoms with Crippen molar-refractivity contribution in [1.82, 2.24) is 14.9 Å². The van der Waals surface area contributed by atoms with E-state index in [4.69, 9.17) is 0 Å². The lowest BCUT2D eigenvalue weighted by Crippen LogP contribution is -2.23. The van der Waals surface area contributed by atoms with Crippen LogP contribution >= 0.6 is 11.5 Å². The first kappa shape index (κ1) is 12.2. The number of hydrogen-bond donors (Lipinski definition) is 1. The summed E-state index contributed by atoms with van der Waals surface area (Å²) in [5.41, 5.74) is 3.54. The van der Waals surface area contributed by atoms with Gasteiger partial charge >= 0.3 is 0 Å². The molecule has 1 atom stereocenters. The SMILES string of the molecule is CCCNC(c1cccc(C)c1)c1csnn1. The Morgan fingerprint density at radius 3 is 2.94 bits per heavy atom. The summed E-state index contributed by atoms with van der Waals surface area (Å²) in [6.45, 7) is 5.26. The molecule has 17 heavy (non-hydrogen) atoms. The highest BCUT2D eigenvalue weighted by atomic mass is 32.1. The molecule has 0 saturated heterocycles. The Bertz CT molecular complexity index is 453. The van der Waals surface area contributed by atoms with E-state index in [0.29, 0.717) is 0 Å². The van der Waals surface area contributed by atoms with Gasteiger partial charge in [-0.15, -0.1) is 5.10 Å². The quantitative estimate of drug-likeness (QED) is 0.882. The molecular formula is C13H17N3S. The Hall–Kier alpha value is -1.26. The molecule has 0 fully saturated rings. The standard InChI is InChI=1S/C13H17N3S/c1-3-7-14-13(12-9-17-16-15-12)11-6-4-5-10(2)8-11/h4-6,8-9,13-14H,3,7H2,1-2H3. The van der Waals surface area contributed by atoms with Crippen molar-refractivity contribution in [2.24, 2.45) is 0 Å². The van der Waals surface area contributed by atoms with E-state index in [1.807, 2.05) is 5.38 Å². The first-order chi connectivity index (χ1) is 8.31. The number of rotatable bonds is 5. The van der Waals surface area contributed by atoms with Crippen molar-refractivity contribution in [1.29, 1.82) is 0 Å². The summed E-state index contributed by atoms with van der Waals surface area (Å²) in [5.74, 6) is 0. The highest BCUT2D eigenvalue weighted by Gasteiger charge is 2.15. The lowest BCUT2D eigenvalue weighted by Gasteiger charge is -2.16. The number of nitrogens with one attached hydrogen (secondary N) is 1. The van der Waals surface area contributed by atoms with Crippen molar-refractivity contribution < 1.29 is 0 Å². The molecule has 0 radical (unpaired) electrons. The van der Waals surface area contributed by atoms with E-state index in [1.54, 1.807) is 0 Å². The molecule has 90 valence electrons. The molecule has 0 saturated carbocycles. The van der Waals surface area contributed by atoms with Crippen LogP contribution in [0.2, 0.25) is 0 Å². The first-order valence-electron chi connectivity index (χ1n) is 5.88. The largest absolute Gasteiger partial charge is 0.305 e. The monoisotopic (exact) mass is 247 g/mol. The second-order valence-electron chi connectivity index (χ2n) is 4.13. The van der Waals surface area contributed by atoms with Crippen LogP contribution in [0.3, 0.4) is 0 Å². The smallest absolute Gasteiger partial charge is 0.0970 e. The summed E-state index contributed by atoms with van der Waals surface area (Å²) >= 11 is 1.40. The van der Waals surface area contributed by atoms with Crippen LogP contribution < -0.4 is 5.32 Å². The normalized spacial score (nSPS) is 12.6. The third-order valence-corrected chi connectivity index (χ3v) is 3.17. The summed E-state index contributed by atoms with van der Waals surface area (Å²) in [6, 6.07) is 8.70. The summed E-state index contributed by atoms with van der Waals surface area (Å²) < 4.78 is 3.95. The molecule has 1 aromatic carbocycles. The van der Waals surface area contributed by atoms with Crippen molar-refractivity contribution in [2.45, 2.75) is 26.3 Å². The summed E-state index contributed by atoms with van der Waals surface area (Å²) in [4.78, 5) is 0. The molecule has 0 bridgehead atoms. The maximum Gasteiger partial charge on any atom is 0.0970 e. The number of aromatic nitrogens is 2. The van der Waals surface area contributed by atoms with Gasteiger partial charge in [0.2, 0.25) is 0 Å². The zero-order valence-corrected chi connectivity index (χ0v) is 11.0. The van der Waals surface area contributed by atoms with Crippen LogP contribution in [0.15, 0.2) is 29.6 Å². The predicted octanol–water partition coefficient (Wildman–Crippen LogP) is 2.94. The van der Waals surface area contributed by atoms with E-state index in [2.05, 4.69) is 53.0 Å². The molecule has 1 aromatic heterocycles. The number of hydrogen-bond acceptors (Lipinski definition) is 4. The molecule has 1 N–H and O–H groups in total. The van der Waals surface area contributed by atoms with Gasteiger partial charge in [0, 0.05) is 5.38 Å². The Labute approximate surface area is 106 Å². The van der Waals surface area contributed by atoms with Gasteiger partial charge in [-0.1, -0.05) is 41.2 Å². The van der Waals surface area contributed by atoms with Gasteiger partial charge in [-0.25, -0.2) is 0 Å². The lowest BCUT2D eigenvalue weighted by molar-refractivity contribution is 0.585. The Morgan fingerprint density at radius 2 is 2.29 bits per heavy atom. The third kappa shape index (κ3) is 3.11. The van der Waals surface area contributed by atoms with Crippen molar-refractivity contribution in [3.05, 3.63) is 46.5 Å². The Balaban J connectivity index is 2.27. The van der Waals surface area contributed by atoms with Crippen LogP contribution in [0.4, 0.5) is 0 Å². The fourth-order valence-electron chi connectivity index (χ4n) is 1.83. The van der Waals surface area contributed by atoms with Crippen LogP contribution in [0.5, 0.6) is 0 Å². The minimum absolute atomic E-state index is 0.161. The van der Waals surface area contributed by atoms with Crippen LogP contribution in [0, 0.1) is 6.92 Å². The average Bonchev–Trinajstić information content (AvgIpc) is 2.83. The van der Waals surface area contributed by atoms with Crippen molar-refractivity contribution in [2.75, 3.05) is 6.54 Å². The van der Waals surface area contributed by atoms with Crippen LogP contribution in [-0.2, 0) is 0 Å². The molecule has 1 heterocycles. The summed E-state index contributed by atoms with van der Waals surface area (Å²) in [5, 5.41) is 9.71. The van der Waals surface area contributed by atoms with Crippen LogP contribution in [0.25, 0.3) is 0 Å². The van der Waals surface area contributed by atoms with E-state index in [9.17, 15) is 0 Å². The molecule has 0 spiro atoms. The van der Waals surface area contributed by atoms with Gasteiger partial charge in [0.1, 0.15) is 0 Å². The highest BCUT2D eigenvalue weighted by molar-refractivity contribution is 7.03. The first-order valence-corrected chi connectivity index (χ1v) is 6.72. The van der Waals surface area contributed by atoms with E-state index in [0.717, 1.165) is 18.7 Å². The van der Waals surface area contributed by atoms with Gasteiger partial charge in [-0.2, -0.15) is 0 Å². The van der Waals surface area contributed by atoms with E-state index >= 15 is 0 Å². The topological polar surface area (TPSA) is 37.8 Å². The second-order valence-corrected chi connectivity index (χ2v) is 4.74. The maximum absolute atomic E-state index is 4.18. The number of benzene rings is 1. The third-order valence-electron chi connectivity index (χ3n) is 2.65. The van der Waals surface area contributed by atoms with Gasteiger partial charge in [-0.05, 0) is 37.0 Å². The molecule has 0 amide bonds. The van der Waals surface area contributed by atoms with Crippen LogP contribution in [0.1, 0.15) is 36.2 Å². The van der Waals surface area contributed by atoms with Gasteiger partial charge in [0.15, 0.2) is 0 Å². The number of aryl methyl sites for hydroxylation is 1. The molecule has 2 rings (SSSR count). The predicted molar refractivity (Wildman–Crippen MR) is 71.2 cm³/mol. The van der Waals surface area contributed by atoms with Crippen molar-refractivity contribution >= 4 is 11.5 Å². The minimum Gasteiger partial charge on any atom is -0.305 e. The molecule has 3 nitrogen and oxygen atoms in total. The zero-order chi connectivity index (χ0) is 12.1. The maximum atomic E-state index is 4.18. The molecule has 2 aromatic rings. The summed E-state index contributed by atoms with van der Waals surface area (Å²) in [7, 11) is 0. The van der Waals surface area contributed by atoms with Gasteiger partial charge < -0.3 is 5.32 Å². The molecule has 1 unspecified atom stereocenters. The Kier molecular flexibility index (Phi) is 4.23. The second kappa shape index (κ2) is 5.89. The fraction of sp³-hybridized carbons (Fsp3) is 0.385. The molecule has 0 aliphatic carbocycles. The number of nitrogens with zero attached hydrogens (tertiary/aromatic N) is 2. The van der Waals surface area contributed by atoms with E-state index < -0.39 is 0 Å². The molecular weight excluding hydrogens is 230 g/mol. The average molecular weight is 247 g/mol. The molecule has 0 aliphatic rings. The molecule has 0 aliphatic heterocycles. The van der Waals surface area contributed by atoms with Gasteiger partial charge in [0.25, 0.3) is 0 Å². The minimum atomic E-state index is 0.161. The van der Waals surface area contributed by atoms with Crippen LogP contribution in [-0.4, -0.2) is 16.1 Å². The lowest BCUT2D eigenvalue weighted by atomic mass is 10.0. The van der Waals surface area contributed by atoms with E-state index in [-0.39, 0.29) is 6.04 Å². The zero-order valence-electron chi connectivity index (χ0n) is 10.2. The molecule has 4 heteroatoms. The van der Waals surface area contributed by atoms with E-state index in [1.165, 1.54) is 22.7 Å². The van der Waals surface area contributed by atoms with Crippen molar-refractivity contribution in [3.63, 3.8) is 0 Å². The fourth-order valence-corrected chi connectivity index (χ4v) is 2.31. The Morgan fingerprint density at radius 1 is 1.41 bits per heavy atom. The van der Waals surface area contributed by atoms with Crippen molar-refractivity contribution in [3.8, 4) is 0 Å².